The van der Waals surface area contributed by atoms with E-state index >= 15 is 0 Å². The highest BCUT2D eigenvalue weighted by Crippen LogP contribution is 2.36. The van der Waals surface area contributed by atoms with Crippen LogP contribution in [0.2, 0.25) is 0 Å². The van der Waals surface area contributed by atoms with Crippen molar-refractivity contribution in [2.45, 2.75) is 76.9 Å². The summed E-state index contributed by atoms with van der Waals surface area (Å²) in [4.78, 5) is 2.67. The molecule has 2 aliphatic rings. The molecule has 1 aliphatic carbocycles. The molecule has 0 aromatic carbocycles. The Balaban J connectivity index is 1.81. The van der Waals surface area contributed by atoms with E-state index in [1.54, 1.807) is 0 Å². The zero-order valence-corrected chi connectivity index (χ0v) is 13.6. The summed E-state index contributed by atoms with van der Waals surface area (Å²) in [5, 5.41) is 0. The maximum Gasteiger partial charge on any atom is 0.0576 e. The zero-order valence-electron chi connectivity index (χ0n) is 13.6. The molecular formula is C17H34N2O. The first-order chi connectivity index (χ1) is 9.70. The summed E-state index contributed by atoms with van der Waals surface area (Å²) in [7, 11) is 0. The van der Waals surface area contributed by atoms with Crippen molar-refractivity contribution in [2.24, 2.45) is 11.7 Å². The summed E-state index contributed by atoms with van der Waals surface area (Å²) < 4.78 is 5.74. The third-order valence-electron chi connectivity index (χ3n) is 5.62. The Morgan fingerprint density at radius 3 is 2.55 bits per heavy atom. The fourth-order valence-electron chi connectivity index (χ4n) is 4.06. The number of nitrogens with zero attached hydrogens (tertiary/aromatic N) is 1. The number of hydrogen-bond donors (Lipinski definition) is 1. The molecule has 1 aliphatic heterocycles. The van der Waals surface area contributed by atoms with Crippen LogP contribution in [0.3, 0.4) is 0 Å². The minimum atomic E-state index is 0.289. The standard InChI is InChI=1S/C17H34N2O/c1-3-19(12-4-6-16-7-5-13-20-16)17(14-18)10-8-15(2)9-11-17/h15-16H,3-14,18H2,1-2H3. The summed E-state index contributed by atoms with van der Waals surface area (Å²) in [6, 6.07) is 0. The van der Waals surface area contributed by atoms with Crippen LogP contribution < -0.4 is 5.73 Å². The Kier molecular flexibility index (Phi) is 6.31. The largest absolute Gasteiger partial charge is 0.378 e. The molecule has 2 N–H and O–H groups in total. The molecular weight excluding hydrogens is 248 g/mol. The number of rotatable bonds is 7. The summed E-state index contributed by atoms with van der Waals surface area (Å²) in [6.45, 7) is 8.81. The monoisotopic (exact) mass is 282 g/mol. The molecule has 1 heterocycles. The van der Waals surface area contributed by atoms with Gasteiger partial charge < -0.3 is 10.5 Å². The minimum Gasteiger partial charge on any atom is -0.378 e. The van der Waals surface area contributed by atoms with Crippen molar-refractivity contribution in [1.82, 2.24) is 4.90 Å². The van der Waals surface area contributed by atoms with Crippen molar-refractivity contribution >= 4 is 0 Å². The van der Waals surface area contributed by atoms with Crippen molar-refractivity contribution in [3.8, 4) is 0 Å². The van der Waals surface area contributed by atoms with Gasteiger partial charge in [-0.05, 0) is 70.4 Å². The fourth-order valence-corrected chi connectivity index (χ4v) is 4.06. The van der Waals surface area contributed by atoms with Gasteiger partial charge in [-0.3, -0.25) is 4.90 Å². The van der Waals surface area contributed by atoms with Gasteiger partial charge in [0, 0.05) is 18.7 Å². The van der Waals surface area contributed by atoms with Crippen LogP contribution in [0.25, 0.3) is 0 Å². The Morgan fingerprint density at radius 2 is 2.00 bits per heavy atom. The third kappa shape index (κ3) is 3.96. The average Bonchev–Trinajstić information content (AvgIpc) is 2.98. The van der Waals surface area contributed by atoms with Crippen LogP contribution in [-0.4, -0.2) is 42.8 Å². The lowest BCUT2D eigenvalue weighted by Gasteiger charge is -2.47. The van der Waals surface area contributed by atoms with Crippen LogP contribution in [-0.2, 0) is 4.74 Å². The van der Waals surface area contributed by atoms with E-state index in [-0.39, 0.29) is 5.54 Å². The van der Waals surface area contributed by atoms with E-state index in [0.29, 0.717) is 6.10 Å². The minimum absolute atomic E-state index is 0.289. The molecule has 0 spiro atoms. The van der Waals surface area contributed by atoms with Gasteiger partial charge in [-0.25, -0.2) is 0 Å². The van der Waals surface area contributed by atoms with Gasteiger partial charge in [-0.1, -0.05) is 13.8 Å². The highest BCUT2D eigenvalue weighted by molar-refractivity contribution is 4.95. The highest BCUT2D eigenvalue weighted by Gasteiger charge is 2.37. The first kappa shape index (κ1) is 16.3. The lowest BCUT2D eigenvalue weighted by molar-refractivity contribution is 0.0411. The van der Waals surface area contributed by atoms with Gasteiger partial charge >= 0.3 is 0 Å². The third-order valence-corrected chi connectivity index (χ3v) is 5.62. The van der Waals surface area contributed by atoms with Gasteiger partial charge in [0.15, 0.2) is 0 Å². The van der Waals surface area contributed by atoms with Crippen LogP contribution in [0.15, 0.2) is 0 Å². The normalized spacial score (nSPS) is 34.8. The van der Waals surface area contributed by atoms with Gasteiger partial charge in [-0.2, -0.15) is 0 Å². The molecule has 1 unspecified atom stereocenters. The van der Waals surface area contributed by atoms with E-state index < -0.39 is 0 Å². The first-order valence-electron chi connectivity index (χ1n) is 8.77. The van der Waals surface area contributed by atoms with Crippen molar-refractivity contribution in [2.75, 3.05) is 26.2 Å². The second-order valence-electron chi connectivity index (χ2n) is 6.97. The molecule has 1 atom stereocenters. The summed E-state index contributed by atoms with van der Waals surface area (Å²) >= 11 is 0. The zero-order chi connectivity index (χ0) is 14.4. The van der Waals surface area contributed by atoms with E-state index in [9.17, 15) is 0 Å². The molecule has 0 radical (unpaired) electrons. The molecule has 1 saturated carbocycles. The second kappa shape index (κ2) is 7.77. The van der Waals surface area contributed by atoms with Gasteiger partial charge in [0.1, 0.15) is 0 Å². The average molecular weight is 282 g/mol. The molecule has 3 heteroatoms. The first-order valence-corrected chi connectivity index (χ1v) is 8.77. The van der Waals surface area contributed by atoms with E-state index in [2.05, 4.69) is 18.7 Å². The van der Waals surface area contributed by atoms with Crippen LogP contribution >= 0.6 is 0 Å². The maximum atomic E-state index is 6.19. The molecule has 0 bridgehead atoms. The van der Waals surface area contributed by atoms with Crippen molar-refractivity contribution in [1.29, 1.82) is 0 Å². The van der Waals surface area contributed by atoms with Crippen molar-refractivity contribution < 1.29 is 4.74 Å². The van der Waals surface area contributed by atoms with Gasteiger partial charge in [0.2, 0.25) is 0 Å². The summed E-state index contributed by atoms with van der Waals surface area (Å²) in [5.74, 6) is 0.889. The van der Waals surface area contributed by atoms with Gasteiger partial charge in [0.25, 0.3) is 0 Å². The second-order valence-corrected chi connectivity index (χ2v) is 6.97. The maximum absolute atomic E-state index is 6.19. The smallest absolute Gasteiger partial charge is 0.0576 e. The SMILES string of the molecule is CCN(CCCC1CCCO1)C1(CN)CCC(C)CC1. The van der Waals surface area contributed by atoms with Crippen LogP contribution in [0.4, 0.5) is 0 Å². The number of likely N-dealkylation sites (N-methyl/N-ethyl adjacent to an activating group) is 1. The Hall–Kier alpha value is -0.120. The van der Waals surface area contributed by atoms with Gasteiger partial charge in [0.05, 0.1) is 6.10 Å². The topological polar surface area (TPSA) is 38.5 Å². The molecule has 3 nitrogen and oxygen atoms in total. The summed E-state index contributed by atoms with van der Waals surface area (Å²) in [6.07, 6.45) is 10.8. The molecule has 20 heavy (non-hydrogen) atoms. The Bertz CT molecular complexity index is 268. The van der Waals surface area contributed by atoms with Crippen molar-refractivity contribution in [3.63, 3.8) is 0 Å². The van der Waals surface area contributed by atoms with E-state index in [1.807, 2.05) is 0 Å². The number of hydrogen-bond acceptors (Lipinski definition) is 3. The summed E-state index contributed by atoms with van der Waals surface area (Å²) in [5.41, 5.74) is 6.48. The predicted octanol–water partition coefficient (Wildman–Crippen LogP) is 3.18. The Morgan fingerprint density at radius 1 is 1.25 bits per heavy atom. The highest BCUT2D eigenvalue weighted by atomic mass is 16.5. The van der Waals surface area contributed by atoms with E-state index in [0.717, 1.165) is 25.6 Å². The lowest BCUT2D eigenvalue weighted by atomic mass is 9.76. The molecule has 1 saturated heterocycles. The van der Waals surface area contributed by atoms with Gasteiger partial charge in [-0.15, -0.1) is 0 Å². The molecule has 0 amide bonds. The quantitative estimate of drug-likeness (QED) is 0.779. The molecule has 118 valence electrons. The number of nitrogens with two attached hydrogens (primary N) is 1. The van der Waals surface area contributed by atoms with E-state index in [4.69, 9.17) is 10.5 Å². The molecule has 2 rings (SSSR count). The predicted molar refractivity (Wildman–Crippen MR) is 84.9 cm³/mol. The van der Waals surface area contributed by atoms with Crippen LogP contribution in [0.1, 0.15) is 65.2 Å². The fraction of sp³-hybridized carbons (Fsp3) is 1.00. The van der Waals surface area contributed by atoms with E-state index in [1.165, 1.54) is 57.9 Å². The molecule has 2 fully saturated rings. The molecule has 0 aromatic rings. The molecule has 0 aromatic heterocycles. The lowest BCUT2D eigenvalue weighted by Crippen LogP contribution is -2.55. The van der Waals surface area contributed by atoms with Crippen LogP contribution in [0.5, 0.6) is 0 Å². The van der Waals surface area contributed by atoms with Crippen LogP contribution in [0, 0.1) is 5.92 Å². The van der Waals surface area contributed by atoms with Crippen molar-refractivity contribution in [3.05, 3.63) is 0 Å². The number of ether oxygens (including phenoxy) is 1. The Labute approximate surface area is 125 Å².